The molecule has 4 rings (SSSR count). The standard InChI is InChI=1S/C26H32N2O4/c1-29-22-8-7-20(14-25(22)32-4)26(17-27)10-5-6-21(15-26)28-11-9-18-12-23(30-2)24(31-3)13-19(18)16-28/h7-8,12-14,21H,5-6,9-11,15-16H2,1-4H3. The van der Waals surface area contributed by atoms with Gasteiger partial charge in [-0.15, -0.1) is 0 Å². The maximum absolute atomic E-state index is 10.3. The van der Waals surface area contributed by atoms with Gasteiger partial charge in [-0.25, -0.2) is 0 Å². The predicted molar refractivity (Wildman–Crippen MR) is 123 cm³/mol. The van der Waals surface area contributed by atoms with Crippen molar-refractivity contribution in [2.75, 3.05) is 35.0 Å². The van der Waals surface area contributed by atoms with E-state index < -0.39 is 5.41 Å². The molecule has 0 spiro atoms. The average molecular weight is 437 g/mol. The molecule has 1 fully saturated rings. The third-order valence-corrected chi connectivity index (χ3v) is 7.14. The van der Waals surface area contributed by atoms with Crippen LogP contribution >= 0.6 is 0 Å². The number of fused-ring (bicyclic) bond motifs is 1. The van der Waals surface area contributed by atoms with Crippen molar-refractivity contribution in [3.8, 4) is 29.1 Å². The van der Waals surface area contributed by atoms with Gasteiger partial charge in [0.05, 0.1) is 39.9 Å². The first-order valence-corrected chi connectivity index (χ1v) is 11.2. The van der Waals surface area contributed by atoms with Crippen molar-refractivity contribution >= 4 is 0 Å². The largest absolute Gasteiger partial charge is 0.493 e. The Labute approximate surface area is 190 Å². The lowest BCUT2D eigenvalue weighted by molar-refractivity contribution is 0.117. The molecule has 2 aromatic carbocycles. The van der Waals surface area contributed by atoms with Crippen molar-refractivity contribution in [1.82, 2.24) is 4.90 Å². The summed E-state index contributed by atoms with van der Waals surface area (Å²) >= 11 is 0. The lowest BCUT2D eigenvalue weighted by Gasteiger charge is -2.43. The summed E-state index contributed by atoms with van der Waals surface area (Å²) in [5.74, 6) is 2.92. The van der Waals surface area contributed by atoms with Crippen LogP contribution in [0.1, 0.15) is 42.4 Å². The van der Waals surface area contributed by atoms with Crippen LogP contribution in [0.5, 0.6) is 23.0 Å². The van der Waals surface area contributed by atoms with Crippen molar-refractivity contribution < 1.29 is 18.9 Å². The predicted octanol–water partition coefficient (Wildman–Crippen LogP) is 4.48. The normalized spacial score (nSPS) is 23.0. The molecule has 0 N–H and O–H groups in total. The number of nitrogens with zero attached hydrogens (tertiary/aromatic N) is 2. The van der Waals surface area contributed by atoms with Gasteiger partial charge < -0.3 is 18.9 Å². The van der Waals surface area contributed by atoms with E-state index in [2.05, 4.69) is 23.1 Å². The number of methoxy groups -OCH3 is 4. The molecule has 170 valence electrons. The molecule has 1 saturated carbocycles. The zero-order chi connectivity index (χ0) is 22.7. The van der Waals surface area contributed by atoms with Crippen molar-refractivity contribution in [3.63, 3.8) is 0 Å². The van der Waals surface area contributed by atoms with Crippen molar-refractivity contribution in [2.45, 2.75) is 50.1 Å². The van der Waals surface area contributed by atoms with E-state index in [4.69, 9.17) is 18.9 Å². The Bertz CT molecular complexity index is 1020. The molecule has 0 amide bonds. The molecule has 0 saturated heterocycles. The van der Waals surface area contributed by atoms with E-state index in [1.54, 1.807) is 28.4 Å². The minimum Gasteiger partial charge on any atom is -0.493 e. The molecule has 32 heavy (non-hydrogen) atoms. The lowest BCUT2D eigenvalue weighted by atomic mass is 9.68. The van der Waals surface area contributed by atoms with Crippen LogP contribution in [-0.4, -0.2) is 45.9 Å². The molecular formula is C26H32N2O4. The van der Waals surface area contributed by atoms with Gasteiger partial charge in [0.2, 0.25) is 0 Å². The Morgan fingerprint density at radius 3 is 2.22 bits per heavy atom. The van der Waals surface area contributed by atoms with Crippen molar-refractivity contribution in [2.24, 2.45) is 0 Å². The topological polar surface area (TPSA) is 64.0 Å². The van der Waals surface area contributed by atoms with E-state index in [9.17, 15) is 5.26 Å². The first kappa shape index (κ1) is 22.3. The van der Waals surface area contributed by atoms with Gasteiger partial charge in [0, 0.05) is 19.1 Å². The Morgan fingerprint density at radius 2 is 1.56 bits per heavy atom. The molecule has 0 radical (unpaired) electrons. The van der Waals surface area contributed by atoms with Crippen LogP contribution < -0.4 is 18.9 Å². The molecule has 1 heterocycles. The highest BCUT2D eigenvalue weighted by atomic mass is 16.5. The number of ether oxygens (including phenoxy) is 4. The summed E-state index contributed by atoms with van der Waals surface area (Å²) in [5.41, 5.74) is 3.11. The van der Waals surface area contributed by atoms with Crippen LogP contribution in [0.4, 0.5) is 0 Å². The van der Waals surface area contributed by atoms with Gasteiger partial charge in [-0.2, -0.15) is 5.26 Å². The number of nitriles is 1. The fourth-order valence-corrected chi connectivity index (χ4v) is 5.34. The maximum Gasteiger partial charge on any atom is 0.161 e. The molecule has 2 aromatic rings. The number of hydrogen-bond donors (Lipinski definition) is 0. The summed E-state index contributed by atoms with van der Waals surface area (Å²) in [7, 11) is 6.62. The fraction of sp³-hybridized carbons (Fsp3) is 0.500. The third-order valence-electron chi connectivity index (χ3n) is 7.14. The average Bonchev–Trinajstić information content (AvgIpc) is 2.86. The van der Waals surface area contributed by atoms with Gasteiger partial charge in [0.25, 0.3) is 0 Å². The Morgan fingerprint density at radius 1 is 0.906 bits per heavy atom. The molecule has 2 atom stereocenters. The van der Waals surface area contributed by atoms with Crippen LogP contribution in [-0.2, 0) is 18.4 Å². The highest BCUT2D eigenvalue weighted by molar-refractivity contribution is 5.49. The number of benzene rings is 2. The van der Waals surface area contributed by atoms with Gasteiger partial charge in [-0.1, -0.05) is 6.07 Å². The van der Waals surface area contributed by atoms with Gasteiger partial charge >= 0.3 is 0 Å². The first-order valence-electron chi connectivity index (χ1n) is 11.2. The fourth-order valence-electron chi connectivity index (χ4n) is 5.34. The Balaban J connectivity index is 1.58. The quantitative estimate of drug-likeness (QED) is 0.665. The molecule has 2 aliphatic rings. The van der Waals surface area contributed by atoms with Crippen LogP contribution in [0.25, 0.3) is 0 Å². The summed E-state index contributed by atoms with van der Waals surface area (Å²) in [6.07, 6.45) is 4.80. The zero-order valence-electron chi connectivity index (χ0n) is 19.4. The van der Waals surface area contributed by atoms with Crippen molar-refractivity contribution in [3.05, 3.63) is 47.0 Å². The highest BCUT2D eigenvalue weighted by Gasteiger charge is 2.41. The Kier molecular flexibility index (Phi) is 6.48. The number of rotatable bonds is 6. The molecule has 0 aromatic heterocycles. The van der Waals surface area contributed by atoms with Crippen LogP contribution in [0, 0.1) is 11.3 Å². The van der Waals surface area contributed by atoms with Gasteiger partial charge in [-0.3, -0.25) is 4.90 Å². The van der Waals surface area contributed by atoms with E-state index in [-0.39, 0.29) is 0 Å². The van der Waals surface area contributed by atoms with E-state index in [0.717, 1.165) is 62.3 Å². The first-order chi connectivity index (χ1) is 15.6. The summed E-state index contributed by atoms with van der Waals surface area (Å²) in [6.45, 7) is 1.86. The maximum atomic E-state index is 10.3. The van der Waals surface area contributed by atoms with E-state index in [0.29, 0.717) is 17.5 Å². The Hall–Kier alpha value is -2.91. The molecule has 0 bridgehead atoms. The van der Waals surface area contributed by atoms with Crippen LogP contribution in [0.3, 0.4) is 0 Å². The van der Waals surface area contributed by atoms with Crippen LogP contribution in [0.15, 0.2) is 30.3 Å². The molecule has 6 nitrogen and oxygen atoms in total. The molecule has 1 aliphatic carbocycles. The SMILES string of the molecule is COc1ccc(C2(C#N)CCCC(N3CCc4cc(OC)c(OC)cc4C3)C2)cc1OC. The smallest absolute Gasteiger partial charge is 0.161 e. The van der Waals surface area contributed by atoms with Gasteiger partial charge in [-0.05, 0) is 73.1 Å². The highest BCUT2D eigenvalue weighted by Crippen LogP contribution is 2.44. The summed E-state index contributed by atoms with van der Waals surface area (Å²) < 4.78 is 21.9. The van der Waals surface area contributed by atoms with Gasteiger partial charge in [0.1, 0.15) is 0 Å². The van der Waals surface area contributed by atoms with E-state index in [1.165, 1.54) is 11.1 Å². The minimum atomic E-state index is -0.514. The molecule has 1 aliphatic heterocycles. The van der Waals surface area contributed by atoms with Crippen molar-refractivity contribution in [1.29, 1.82) is 5.26 Å². The molecular weight excluding hydrogens is 404 g/mol. The third kappa shape index (κ3) is 3.98. The minimum absolute atomic E-state index is 0.359. The summed E-state index contributed by atoms with van der Waals surface area (Å²) in [6, 6.07) is 13.2. The lowest BCUT2D eigenvalue weighted by Crippen LogP contribution is -2.46. The second-order valence-electron chi connectivity index (χ2n) is 8.71. The summed E-state index contributed by atoms with van der Waals surface area (Å²) in [4.78, 5) is 2.54. The molecule has 2 unspecified atom stereocenters. The zero-order valence-corrected chi connectivity index (χ0v) is 19.4. The van der Waals surface area contributed by atoms with Crippen LogP contribution in [0.2, 0.25) is 0 Å². The summed E-state index contributed by atoms with van der Waals surface area (Å²) in [5, 5.41) is 10.3. The molecule has 6 heteroatoms. The number of hydrogen-bond acceptors (Lipinski definition) is 6. The monoisotopic (exact) mass is 436 g/mol. The second kappa shape index (κ2) is 9.30. The van der Waals surface area contributed by atoms with E-state index in [1.807, 2.05) is 18.2 Å². The second-order valence-corrected chi connectivity index (χ2v) is 8.71. The van der Waals surface area contributed by atoms with E-state index >= 15 is 0 Å². The van der Waals surface area contributed by atoms with Gasteiger partial charge in [0.15, 0.2) is 23.0 Å².